The zero-order valence-corrected chi connectivity index (χ0v) is 18.1. The van der Waals surface area contributed by atoms with Gasteiger partial charge in [-0.1, -0.05) is 18.2 Å². The minimum atomic E-state index is -3.76. The van der Waals surface area contributed by atoms with Gasteiger partial charge >= 0.3 is 5.63 Å². The molecule has 1 saturated heterocycles. The molecule has 0 bridgehead atoms. The lowest BCUT2D eigenvalue weighted by molar-refractivity contribution is -0.114. The molecular formula is C22H21N3O6S. The van der Waals surface area contributed by atoms with Gasteiger partial charge < -0.3 is 14.6 Å². The van der Waals surface area contributed by atoms with Crippen molar-refractivity contribution >= 4 is 38.5 Å². The molecule has 166 valence electrons. The Morgan fingerprint density at radius 2 is 1.62 bits per heavy atom. The predicted octanol–water partition coefficient (Wildman–Crippen LogP) is 1.90. The zero-order valence-electron chi connectivity index (χ0n) is 17.3. The number of benzene rings is 2. The standard InChI is InChI=1S/C22H21N3O6S/c1-15(26)23-17-6-8-18(9-7-17)32(29,30)25-12-10-24(11-13-25)21(27)19-14-16-4-2-3-5-20(16)31-22(19)28/h2-9,14H,10-13H2,1H3,(H,23,26). The molecule has 2 heterocycles. The van der Waals surface area contributed by atoms with Gasteiger partial charge in [-0.05, 0) is 36.4 Å². The molecule has 2 aromatic carbocycles. The smallest absolute Gasteiger partial charge is 0.349 e. The van der Waals surface area contributed by atoms with Gasteiger partial charge in [-0.25, -0.2) is 13.2 Å². The molecule has 0 atom stereocenters. The monoisotopic (exact) mass is 455 g/mol. The summed E-state index contributed by atoms with van der Waals surface area (Å²) in [4.78, 5) is 37.8. The number of nitrogens with zero attached hydrogens (tertiary/aromatic N) is 2. The van der Waals surface area contributed by atoms with Crippen molar-refractivity contribution in [3.63, 3.8) is 0 Å². The van der Waals surface area contributed by atoms with Gasteiger partial charge in [0.05, 0.1) is 4.90 Å². The van der Waals surface area contributed by atoms with Crippen LogP contribution in [-0.4, -0.2) is 55.6 Å². The van der Waals surface area contributed by atoms with Crippen molar-refractivity contribution in [1.82, 2.24) is 9.21 Å². The zero-order chi connectivity index (χ0) is 22.9. The second-order valence-corrected chi connectivity index (χ2v) is 9.33. The first-order chi connectivity index (χ1) is 15.3. The van der Waals surface area contributed by atoms with Crippen LogP contribution in [0.15, 0.2) is 68.7 Å². The second-order valence-electron chi connectivity index (χ2n) is 7.39. The summed E-state index contributed by atoms with van der Waals surface area (Å²) < 4.78 is 32.4. The molecule has 0 radical (unpaired) electrons. The number of piperazine rings is 1. The molecule has 4 rings (SSSR count). The Balaban J connectivity index is 1.46. The van der Waals surface area contributed by atoms with Gasteiger partial charge in [0.2, 0.25) is 15.9 Å². The maximum absolute atomic E-state index is 12.9. The van der Waals surface area contributed by atoms with E-state index in [2.05, 4.69) is 5.32 Å². The summed E-state index contributed by atoms with van der Waals surface area (Å²) in [6.07, 6.45) is 0. The first-order valence-electron chi connectivity index (χ1n) is 9.96. The Labute approximate surface area is 184 Å². The summed E-state index contributed by atoms with van der Waals surface area (Å²) in [6.45, 7) is 1.86. The maximum Gasteiger partial charge on any atom is 0.349 e. The number of hydrogen-bond acceptors (Lipinski definition) is 6. The number of sulfonamides is 1. The van der Waals surface area contributed by atoms with Crippen LogP contribution in [-0.2, 0) is 14.8 Å². The number of nitrogens with one attached hydrogen (secondary N) is 1. The van der Waals surface area contributed by atoms with E-state index in [4.69, 9.17) is 4.42 Å². The van der Waals surface area contributed by atoms with Gasteiger partial charge in [0.1, 0.15) is 11.1 Å². The van der Waals surface area contributed by atoms with E-state index in [0.29, 0.717) is 16.7 Å². The van der Waals surface area contributed by atoms with E-state index in [-0.39, 0.29) is 42.5 Å². The molecule has 10 heteroatoms. The van der Waals surface area contributed by atoms with Crippen molar-refractivity contribution in [3.05, 3.63) is 70.6 Å². The average molecular weight is 455 g/mol. The van der Waals surface area contributed by atoms with Crippen LogP contribution in [0.3, 0.4) is 0 Å². The third-order valence-corrected chi connectivity index (χ3v) is 7.12. The van der Waals surface area contributed by atoms with Crippen LogP contribution >= 0.6 is 0 Å². The third-order valence-electron chi connectivity index (χ3n) is 5.21. The normalized spacial score (nSPS) is 15.0. The van der Waals surface area contributed by atoms with Gasteiger partial charge in [0, 0.05) is 44.2 Å². The highest BCUT2D eigenvalue weighted by atomic mass is 32.2. The highest BCUT2D eigenvalue weighted by Crippen LogP contribution is 2.21. The number of anilines is 1. The van der Waals surface area contributed by atoms with Crippen LogP contribution < -0.4 is 10.9 Å². The summed E-state index contributed by atoms with van der Waals surface area (Å²) in [5.74, 6) is -0.733. The van der Waals surface area contributed by atoms with Crippen molar-refractivity contribution < 1.29 is 22.4 Å². The van der Waals surface area contributed by atoms with E-state index in [1.54, 1.807) is 24.3 Å². The minimum absolute atomic E-state index is 0.0754. The van der Waals surface area contributed by atoms with Gasteiger partial charge in [0.15, 0.2) is 0 Å². The fraction of sp³-hybridized carbons (Fsp3) is 0.227. The lowest BCUT2D eigenvalue weighted by Crippen LogP contribution is -2.51. The molecule has 2 amide bonds. The number of hydrogen-bond donors (Lipinski definition) is 1. The molecule has 3 aromatic rings. The van der Waals surface area contributed by atoms with E-state index in [0.717, 1.165) is 0 Å². The summed E-state index contributed by atoms with van der Waals surface area (Å²) in [6, 6.07) is 14.3. The number of amides is 2. The van der Waals surface area contributed by atoms with Crippen LogP contribution in [0.1, 0.15) is 17.3 Å². The Bertz CT molecular complexity index is 1340. The van der Waals surface area contributed by atoms with Crippen molar-refractivity contribution in [2.24, 2.45) is 0 Å². The lowest BCUT2D eigenvalue weighted by atomic mass is 10.1. The van der Waals surface area contributed by atoms with E-state index >= 15 is 0 Å². The highest BCUT2D eigenvalue weighted by Gasteiger charge is 2.31. The van der Waals surface area contributed by atoms with E-state index in [1.807, 2.05) is 0 Å². The van der Waals surface area contributed by atoms with Gasteiger partial charge in [-0.2, -0.15) is 4.31 Å². The van der Waals surface area contributed by atoms with Crippen molar-refractivity contribution in [1.29, 1.82) is 0 Å². The quantitative estimate of drug-likeness (QED) is 0.601. The molecule has 9 nitrogen and oxygen atoms in total. The summed E-state index contributed by atoms with van der Waals surface area (Å²) in [5, 5.41) is 3.23. The van der Waals surface area contributed by atoms with Crippen LogP contribution in [0.25, 0.3) is 11.0 Å². The highest BCUT2D eigenvalue weighted by molar-refractivity contribution is 7.89. The topological polar surface area (TPSA) is 117 Å². The van der Waals surface area contributed by atoms with Crippen LogP contribution in [0.5, 0.6) is 0 Å². The van der Waals surface area contributed by atoms with Crippen molar-refractivity contribution in [2.45, 2.75) is 11.8 Å². The SMILES string of the molecule is CC(=O)Nc1ccc(S(=O)(=O)N2CCN(C(=O)c3cc4ccccc4oc3=O)CC2)cc1. The molecular weight excluding hydrogens is 434 g/mol. The number of carbonyl (C=O) groups is 2. The summed E-state index contributed by atoms with van der Waals surface area (Å²) in [5.41, 5.74) is 0.104. The molecule has 0 spiro atoms. The molecule has 0 saturated carbocycles. The molecule has 32 heavy (non-hydrogen) atoms. The Kier molecular flexibility index (Phi) is 5.81. The minimum Gasteiger partial charge on any atom is -0.422 e. The van der Waals surface area contributed by atoms with Gasteiger partial charge in [-0.15, -0.1) is 0 Å². The predicted molar refractivity (Wildman–Crippen MR) is 118 cm³/mol. The molecule has 0 aliphatic carbocycles. The molecule has 0 unspecified atom stereocenters. The van der Waals surface area contributed by atoms with E-state index in [1.165, 1.54) is 46.5 Å². The Hall–Kier alpha value is -3.50. The molecule has 1 aliphatic rings. The molecule has 1 aromatic heterocycles. The molecule has 1 N–H and O–H groups in total. The van der Waals surface area contributed by atoms with Gasteiger partial charge in [-0.3, -0.25) is 9.59 Å². The van der Waals surface area contributed by atoms with Crippen molar-refractivity contribution in [2.75, 3.05) is 31.5 Å². The number of para-hydroxylation sites is 1. The number of fused-ring (bicyclic) bond motifs is 1. The largest absolute Gasteiger partial charge is 0.422 e. The van der Waals surface area contributed by atoms with Crippen LogP contribution in [0, 0.1) is 0 Å². The fourth-order valence-corrected chi connectivity index (χ4v) is 5.00. The first kappa shape index (κ1) is 21.7. The number of carbonyl (C=O) groups excluding carboxylic acids is 2. The lowest BCUT2D eigenvalue weighted by Gasteiger charge is -2.33. The van der Waals surface area contributed by atoms with E-state index < -0.39 is 21.6 Å². The Morgan fingerprint density at radius 3 is 2.28 bits per heavy atom. The van der Waals surface area contributed by atoms with Crippen LogP contribution in [0.2, 0.25) is 0 Å². The molecule has 1 aliphatic heterocycles. The molecule has 1 fully saturated rings. The maximum atomic E-state index is 12.9. The van der Waals surface area contributed by atoms with Crippen LogP contribution in [0.4, 0.5) is 5.69 Å². The van der Waals surface area contributed by atoms with Crippen molar-refractivity contribution in [3.8, 4) is 0 Å². The summed E-state index contributed by atoms with van der Waals surface area (Å²) in [7, 11) is -3.76. The van der Waals surface area contributed by atoms with Gasteiger partial charge in [0.25, 0.3) is 5.91 Å². The third kappa shape index (κ3) is 4.27. The number of rotatable bonds is 4. The average Bonchev–Trinajstić information content (AvgIpc) is 2.78. The second kappa shape index (κ2) is 8.56. The Morgan fingerprint density at radius 1 is 0.969 bits per heavy atom. The first-order valence-corrected chi connectivity index (χ1v) is 11.4. The van der Waals surface area contributed by atoms with E-state index in [9.17, 15) is 22.8 Å². The fourth-order valence-electron chi connectivity index (χ4n) is 3.58. The summed E-state index contributed by atoms with van der Waals surface area (Å²) >= 11 is 0.